The van der Waals surface area contributed by atoms with Crippen molar-refractivity contribution >= 4 is 11.6 Å². The zero-order valence-corrected chi connectivity index (χ0v) is 9.32. The van der Waals surface area contributed by atoms with Crippen LogP contribution < -0.4 is 5.73 Å². The van der Waals surface area contributed by atoms with Gasteiger partial charge in [0.05, 0.1) is 10.5 Å². The number of carbonyl (C=O) groups excluding carboxylic acids is 1. The second kappa shape index (κ2) is 4.53. The first-order chi connectivity index (χ1) is 9.06. The molecule has 1 amide bonds. The van der Waals surface area contributed by atoms with Gasteiger partial charge in [0.15, 0.2) is 5.69 Å². The lowest BCUT2D eigenvalue weighted by Crippen LogP contribution is -2.13. The number of nitrogens with one attached hydrogen (secondary N) is 1. The molecule has 3 N–H and O–H groups in total. The lowest BCUT2D eigenvalue weighted by Gasteiger charge is -2.01. The average molecular weight is 258 g/mol. The molecule has 9 heteroatoms. The summed E-state index contributed by atoms with van der Waals surface area (Å²) in [5, 5.41) is 29.3. The number of aromatic amines is 1. The van der Waals surface area contributed by atoms with Gasteiger partial charge < -0.3 is 5.73 Å². The van der Waals surface area contributed by atoms with E-state index in [0.717, 1.165) is 0 Å². The van der Waals surface area contributed by atoms with E-state index >= 15 is 0 Å². The van der Waals surface area contributed by atoms with Crippen molar-refractivity contribution in [1.82, 2.24) is 15.4 Å². The number of para-hydroxylation sites is 1. The van der Waals surface area contributed by atoms with Gasteiger partial charge in [-0.15, -0.1) is 0 Å². The number of nitriles is 1. The predicted octanol–water partition coefficient (Wildman–Crippen LogP) is 0.350. The van der Waals surface area contributed by atoms with Crippen LogP contribution in [0.2, 0.25) is 0 Å². The number of nitrogens with zero attached hydrogens (tertiary/aromatic N) is 4. The second-order valence-electron chi connectivity index (χ2n) is 3.46. The third-order valence-corrected chi connectivity index (χ3v) is 2.38. The van der Waals surface area contributed by atoms with Crippen LogP contribution in [0.5, 0.6) is 0 Å². The number of amides is 1. The minimum Gasteiger partial charge on any atom is -0.364 e. The highest BCUT2D eigenvalue weighted by Crippen LogP contribution is 2.32. The quantitative estimate of drug-likeness (QED) is 0.598. The molecule has 0 aliphatic carbocycles. The molecule has 0 unspecified atom stereocenters. The minimum atomic E-state index is -0.875. The van der Waals surface area contributed by atoms with Crippen molar-refractivity contribution in [2.24, 2.45) is 5.73 Å². The maximum absolute atomic E-state index is 11.2. The Morgan fingerprint density at radius 3 is 2.79 bits per heavy atom. The van der Waals surface area contributed by atoms with E-state index in [2.05, 4.69) is 15.4 Å². The first kappa shape index (κ1) is 12.2. The Bertz CT molecular complexity index is 714. The van der Waals surface area contributed by atoms with Crippen molar-refractivity contribution in [1.29, 1.82) is 5.26 Å². The second-order valence-corrected chi connectivity index (χ2v) is 3.46. The van der Waals surface area contributed by atoms with E-state index in [1.54, 1.807) is 6.07 Å². The molecule has 0 saturated carbocycles. The maximum atomic E-state index is 11.2. The highest BCUT2D eigenvalue weighted by Gasteiger charge is 2.26. The van der Waals surface area contributed by atoms with Crippen molar-refractivity contribution in [3.8, 4) is 17.3 Å². The maximum Gasteiger partial charge on any atom is 0.296 e. The van der Waals surface area contributed by atoms with E-state index in [9.17, 15) is 14.9 Å². The molecule has 9 nitrogen and oxygen atoms in total. The number of hydrogen-bond acceptors (Lipinski definition) is 6. The van der Waals surface area contributed by atoms with Crippen molar-refractivity contribution < 1.29 is 9.72 Å². The average Bonchev–Trinajstić information content (AvgIpc) is 2.86. The van der Waals surface area contributed by atoms with Gasteiger partial charge >= 0.3 is 0 Å². The molecule has 1 aromatic heterocycles. The van der Waals surface area contributed by atoms with Crippen LogP contribution in [0.1, 0.15) is 16.1 Å². The zero-order chi connectivity index (χ0) is 14.0. The van der Waals surface area contributed by atoms with Gasteiger partial charge in [0.1, 0.15) is 17.3 Å². The van der Waals surface area contributed by atoms with Crippen LogP contribution in [0, 0.1) is 21.4 Å². The van der Waals surface area contributed by atoms with Gasteiger partial charge in [-0.05, 0) is 12.1 Å². The molecule has 1 aromatic carbocycles. The van der Waals surface area contributed by atoms with Gasteiger partial charge in [-0.1, -0.05) is 6.07 Å². The largest absolute Gasteiger partial charge is 0.364 e. The number of nitrogens with two attached hydrogens (primary N) is 1. The summed E-state index contributed by atoms with van der Waals surface area (Å²) in [6.07, 6.45) is 0. The van der Waals surface area contributed by atoms with Gasteiger partial charge in [-0.25, -0.2) is 0 Å². The van der Waals surface area contributed by atoms with Crippen LogP contribution >= 0.6 is 0 Å². The molecule has 2 aromatic rings. The summed E-state index contributed by atoms with van der Waals surface area (Å²) < 4.78 is 0. The summed E-state index contributed by atoms with van der Waals surface area (Å²) in [5.41, 5.74) is 4.24. The first-order valence-electron chi connectivity index (χ1n) is 4.94. The molecular formula is C10H6N6O3. The summed E-state index contributed by atoms with van der Waals surface area (Å²) >= 11 is 0. The van der Waals surface area contributed by atoms with Crippen LogP contribution in [0.3, 0.4) is 0 Å². The molecule has 19 heavy (non-hydrogen) atoms. The number of rotatable bonds is 3. The van der Waals surface area contributed by atoms with Crippen LogP contribution in [0.4, 0.5) is 5.69 Å². The van der Waals surface area contributed by atoms with E-state index in [4.69, 9.17) is 11.0 Å². The molecule has 94 valence electrons. The molecule has 0 aliphatic heterocycles. The van der Waals surface area contributed by atoms with E-state index in [1.807, 2.05) is 0 Å². The Morgan fingerprint density at radius 1 is 1.47 bits per heavy atom. The number of H-pyrrole nitrogens is 1. The monoisotopic (exact) mass is 258 g/mol. The molecule has 0 atom stereocenters. The van der Waals surface area contributed by atoms with Gasteiger partial charge in [-0.3, -0.25) is 14.9 Å². The number of nitro groups is 1. The number of aromatic nitrogens is 3. The van der Waals surface area contributed by atoms with Crippen molar-refractivity contribution in [3.63, 3.8) is 0 Å². The van der Waals surface area contributed by atoms with Crippen molar-refractivity contribution in [2.45, 2.75) is 0 Å². The Kier molecular flexibility index (Phi) is 2.91. The fourth-order valence-electron chi connectivity index (χ4n) is 1.61. The van der Waals surface area contributed by atoms with E-state index in [1.165, 1.54) is 18.2 Å². The summed E-state index contributed by atoms with van der Waals surface area (Å²) in [5.74, 6) is -0.875. The number of benzene rings is 1. The van der Waals surface area contributed by atoms with Crippen LogP contribution in [-0.2, 0) is 0 Å². The van der Waals surface area contributed by atoms with Gasteiger partial charge in [0, 0.05) is 0 Å². The minimum absolute atomic E-state index is 0.00611. The third kappa shape index (κ3) is 1.98. The van der Waals surface area contributed by atoms with Crippen molar-refractivity contribution in [3.05, 3.63) is 39.6 Å². The van der Waals surface area contributed by atoms with Crippen molar-refractivity contribution in [2.75, 3.05) is 0 Å². The molecule has 0 fully saturated rings. The van der Waals surface area contributed by atoms with Gasteiger partial charge in [0.25, 0.3) is 11.6 Å². The predicted molar refractivity (Wildman–Crippen MR) is 61.7 cm³/mol. The highest BCUT2D eigenvalue weighted by molar-refractivity contribution is 5.98. The van der Waals surface area contributed by atoms with E-state index < -0.39 is 16.5 Å². The third-order valence-electron chi connectivity index (χ3n) is 2.38. The number of nitro benzene ring substituents is 1. The Labute approximate surface area is 105 Å². The number of hydrogen-bond donors (Lipinski definition) is 2. The Hall–Kier alpha value is -3.28. The lowest BCUT2D eigenvalue weighted by molar-refractivity contribution is -0.384. The van der Waals surface area contributed by atoms with Crippen LogP contribution in [-0.4, -0.2) is 26.2 Å². The molecule has 0 saturated heterocycles. The normalized spacial score (nSPS) is 9.84. The van der Waals surface area contributed by atoms with Gasteiger partial charge in [0.2, 0.25) is 0 Å². The molecule has 0 radical (unpaired) electrons. The SMILES string of the molecule is N#Cc1cccc(-c2n[nH]nc2C(N)=O)c1[N+](=O)[O-]. The molecule has 0 bridgehead atoms. The standard InChI is InChI=1S/C10H6N6O3/c11-4-5-2-1-3-6(9(5)16(18)19)7-8(10(12)17)14-15-13-7/h1-3H,(H2,12,17)(H,13,14,15). The fourth-order valence-corrected chi connectivity index (χ4v) is 1.61. The van der Waals surface area contributed by atoms with Gasteiger partial charge in [-0.2, -0.15) is 20.7 Å². The topological polar surface area (TPSA) is 152 Å². The molecule has 0 spiro atoms. The van der Waals surface area contributed by atoms with E-state index in [-0.39, 0.29) is 22.5 Å². The summed E-state index contributed by atoms with van der Waals surface area (Å²) in [6, 6.07) is 5.82. The molecular weight excluding hydrogens is 252 g/mol. The smallest absolute Gasteiger partial charge is 0.296 e. The summed E-state index contributed by atoms with van der Waals surface area (Å²) in [6.45, 7) is 0. The Balaban J connectivity index is 2.76. The first-order valence-corrected chi connectivity index (χ1v) is 4.94. The number of carbonyl (C=O) groups is 1. The number of primary amides is 1. The van der Waals surface area contributed by atoms with E-state index in [0.29, 0.717) is 0 Å². The van der Waals surface area contributed by atoms with Crippen LogP contribution in [0.15, 0.2) is 18.2 Å². The fraction of sp³-hybridized carbons (Fsp3) is 0. The molecule has 0 aliphatic rings. The molecule has 1 heterocycles. The summed E-state index contributed by atoms with van der Waals surface area (Å²) in [7, 11) is 0. The summed E-state index contributed by atoms with van der Waals surface area (Å²) in [4.78, 5) is 21.5. The van der Waals surface area contributed by atoms with Crippen LogP contribution in [0.25, 0.3) is 11.3 Å². The lowest BCUT2D eigenvalue weighted by atomic mass is 10.0. The molecule has 2 rings (SSSR count). The highest BCUT2D eigenvalue weighted by atomic mass is 16.6. The Morgan fingerprint density at radius 2 is 2.21 bits per heavy atom. The zero-order valence-electron chi connectivity index (χ0n) is 9.32.